The Kier molecular flexibility index (Phi) is 5.90. The molecule has 7 heteroatoms. The van der Waals surface area contributed by atoms with Gasteiger partial charge in [-0.25, -0.2) is 0 Å². The van der Waals surface area contributed by atoms with Crippen molar-refractivity contribution in [3.05, 3.63) is 48.3 Å². The minimum atomic E-state index is -0.289. The average Bonchev–Trinajstić information content (AvgIpc) is 2.69. The van der Waals surface area contributed by atoms with Gasteiger partial charge in [0.2, 0.25) is 6.41 Å². The summed E-state index contributed by atoms with van der Waals surface area (Å²) in [7, 11) is 0. The van der Waals surface area contributed by atoms with E-state index < -0.39 is 0 Å². The predicted octanol–water partition coefficient (Wildman–Crippen LogP) is 2.40. The Balaban J connectivity index is 1.72. The molecule has 0 unspecified atom stereocenters. The molecule has 0 atom stereocenters. The third kappa shape index (κ3) is 4.75. The van der Waals surface area contributed by atoms with Crippen LogP contribution in [0.2, 0.25) is 0 Å². The number of carbonyl (C=O) groups is 2. The smallest absolute Gasteiger partial charge is 0.274 e. The fourth-order valence-electron chi connectivity index (χ4n) is 2.94. The first-order valence-corrected chi connectivity index (χ1v) is 9.04. The van der Waals surface area contributed by atoms with E-state index in [-0.39, 0.29) is 12.0 Å². The standard InChI is InChI=1S/C20H24N4O3/c1-15(2)27-19-6-4-3-5-17(19)22-20(26)18-13-16(7-8-21-18)24-11-9-23(14-25)10-12-24/h3-8,13-15H,9-12H2,1-2H3,(H,22,26). The number of ether oxygens (including phenoxy) is 1. The van der Waals surface area contributed by atoms with Crippen LogP contribution in [0.15, 0.2) is 42.6 Å². The van der Waals surface area contributed by atoms with Gasteiger partial charge < -0.3 is 19.9 Å². The number of nitrogens with one attached hydrogen (secondary N) is 1. The van der Waals surface area contributed by atoms with Crippen LogP contribution in [0.5, 0.6) is 5.75 Å². The zero-order valence-electron chi connectivity index (χ0n) is 15.6. The van der Waals surface area contributed by atoms with Crippen LogP contribution in [0.3, 0.4) is 0 Å². The highest BCUT2D eigenvalue weighted by atomic mass is 16.5. The Hall–Kier alpha value is -3.09. The van der Waals surface area contributed by atoms with Crippen molar-refractivity contribution < 1.29 is 14.3 Å². The molecule has 27 heavy (non-hydrogen) atoms. The fourth-order valence-corrected chi connectivity index (χ4v) is 2.94. The van der Waals surface area contributed by atoms with Gasteiger partial charge in [0.1, 0.15) is 11.4 Å². The molecule has 0 aliphatic carbocycles. The van der Waals surface area contributed by atoms with Crippen LogP contribution in [0.25, 0.3) is 0 Å². The first-order valence-electron chi connectivity index (χ1n) is 9.04. The SMILES string of the molecule is CC(C)Oc1ccccc1NC(=O)c1cc(N2CCN(C=O)CC2)ccn1. The monoisotopic (exact) mass is 368 g/mol. The van der Waals surface area contributed by atoms with Gasteiger partial charge >= 0.3 is 0 Å². The fraction of sp³-hybridized carbons (Fsp3) is 0.350. The molecular weight excluding hydrogens is 344 g/mol. The van der Waals surface area contributed by atoms with Crippen LogP contribution >= 0.6 is 0 Å². The molecule has 0 bridgehead atoms. The van der Waals surface area contributed by atoms with E-state index in [2.05, 4.69) is 15.2 Å². The quantitative estimate of drug-likeness (QED) is 0.793. The third-order valence-corrected chi connectivity index (χ3v) is 4.30. The number of para-hydroxylation sites is 2. The van der Waals surface area contributed by atoms with Crippen LogP contribution in [0.4, 0.5) is 11.4 Å². The Bertz CT molecular complexity index is 801. The number of carbonyl (C=O) groups excluding carboxylic acids is 2. The molecule has 0 radical (unpaired) electrons. The molecule has 1 aliphatic heterocycles. The number of pyridine rings is 1. The summed E-state index contributed by atoms with van der Waals surface area (Å²) in [6.07, 6.45) is 2.52. The minimum Gasteiger partial charge on any atom is -0.489 e. The lowest BCUT2D eigenvalue weighted by Crippen LogP contribution is -2.45. The number of aromatic nitrogens is 1. The maximum atomic E-state index is 12.7. The zero-order valence-corrected chi connectivity index (χ0v) is 15.6. The highest BCUT2D eigenvalue weighted by Gasteiger charge is 2.18. The summed E-state index contributed by atoms with van der Waals surface area (Å²) in [4.78, 5) is 31.6. The minimum absolute atomic E-state index is 0.00883. The lowest BCUT2D eigenvalue weighted by molar-refractivity contribution is -0.118. The summed E-state index contributed by atoms with van der Waals surface area (Å²) >= 11 is 0. The van der Waals surface area contributed by atoms with Crippen molar-refractivity contribution in [2.24, 2.45) is 0 Å². The van der Waals surface area contributed by atoms with Gasteiger partial charge in [0.15, 0.2) is 0 Å². The average molecular weight is 368 g/mol. The van der Waals surface area contributed by atoms with Crippen LogP contribution in [0, 0.1) is 0 Å². The zero-order chi connectivity index (χ0) is 19.2. The van der Waals surface area contributed by atoms with Crippen molar-refractivity contribution in [3.63, 3.8) is 0 Å². The molecule has 3 rings (SSSR count). The highest BCUT2D eigenvalue weighted by molar-refractivity contribution is 6.04. The molecule has 2 aromatic rings. The number of piperazine rings is 1. The molecule has 1 saturated heterocycles. The molecule has 1 N–H and O–H groups in total. The van der Waals surface area contributed by atoms with Crippen LogP contribution in [0.1, 0.15) is 24.3 Å². The van der Waals surface area contributed by atoms with Crippen LogP contribution < -0.4 is 15.0 Å². The third-order valence-electron chi connectivity index (χ3n) is 4.30. The summed E-state index contributed by atoms with van der Waals surface area (Å²) < 4.78 is 5.75. The molecule has 1 fully saturated rings. The molecule has 0 spiro atoms. The number of hydrogen-bond acceptors (Lipinski definition) is 5. The summed E-state index contributed by atoms with van der Waals surface area (Å²) in [6.45, 7) is 6.69. The van der Waals surface area contributed by atoms with E-state index in [4.69, 9.17) is 4.74 Å². The summed E-state index contributed by atoms with van der Waals surface area (Å²) in [6, 6.07) is 11.0. The van der Waals surface area contributed by atoms with Gasteiger partial charge in [0.25, 0.3) is 5.91 Å². The Morgan fingerprint density at radius 1 is 1.19 bits per heavy atom. The molecule has 142 valence electrons. The van der Waals surface area contributed by atoms with Crippen LogP contribution in [-0.4, -0.2) is 54.5 Å². The van der Waals surface area contributed by atoms with Gasteiger partial charge in [-0.15, -0.1) is 0 Å². The number of rotatable bonds is 6. The lowest BCUT2D eigenvalue weighted by atomic mass is 10.2. The van der Waals surface area contributed by atoms with E-state index in [0.717, 1.165) is 25.2 Å². The van der Waals surface area contributed by atoms with E-state index in [0.29, 0.717) is 30.2 Å². The van der Waals surface area contributed by atoms with Crippen molar-refractivity contribution in [3.8, 4) is 5.75 Å². The number of hydrogen-bond donors (Lipinski definition) is 1. The topological polar surface area (TPSA) is 74.8 Å². The largest absolute Gasteiger partial charge is 0.489 e. The van der Waals surface area contributed by atoms with Crippen LogP contribution in [-0.2, 0) is 4.79 Å². The Labute approximate surface area is 158 Å². The van der Waals surface area contributed by atoms with Crippen molar-refractivity contribution in [2.75, 3.05) is 36.4 Å². The molecule has 0 saturated carbocycles. The van der Waals surface area contributed by atoms with E-state index in [1.165, 1.54) is 0 Å². The normalized spacial score (nSPS) is 14.2. The van der Waals surface area contributed by atoms with Gasteiger partial charge in [0, 0.05) is 38.1 Å². The molecule has 7 nitrogen and oxygen atoms in total. The summed E-state index contributed by atoms with van der Waals surface area (Å²) in [5.74, 6) is 0.338. The van der Waals surface area contributed by atoms with E-state index in [9.17, 15) is 9.59 Å². The van der Waals surface area contributed by atoms with Gasteiger partial charge in [-0.2, -0.15) is 0 Å². The van der Waals surface area contributed by atoms with Gasteiger partial charge in [0.05, 0.1) is 11.8 Å². The number of amides is 2. The molecule has 2 amide bonds. The molecule has 1 aliphatic rings. The van der Waals surface area contributed by atoms with Gasteiger partial charge in [-0.05, 0) is 38.1 Å². The summed E-state index contributed by atoms with van der Waals surface area (Å²) in [5, 5.41) is 2.88. The van der Waals surface area contributed by atoms with E-state index in [1.807, 2.05) is 38.1 Å². The second-order valence-corrected chi connectivity index (χ2v) is 6.64. The summed E-state index contributed by atoms with van der Waals surface area (Å²) in [5.41, 5.74) is 1.88. The Morgan fingerprint density at radius 3 is 2.63 bits per heavy atom. The highest BCUT2D eigenvalue weighted by Crippen LogP contribution is 2.25. The van der Waals surface area contributed by atoms with Crippen molar-refractivity contribution in [1.82, 2.24) is 9.88 Å². The lowest BCUT2D eigenvalue weighted by Gasteiger charge is -2.34. The molecule has 2 heterocycles. The molecule has 1 aromatic carbocycles. The molecular formula is C20H24N4O3. The second-order valence-electron chi connectivity index (χ2n) is 6.64. The second kappa shape index (κ2) is 8.53. The predicted molar refractivity (Wildman–Crippen MR) is 104 cm³/mol. The maximum Gasteiger partial charge on any atom is 0.274 e. The van der Waals surface area contributed by atoms with Gasteiger partial charge in [-0.3, -0.25) is 14.6 Å². The number of anilines is 2. The molecule has 1 aromatic heterocycles. The Morgan fingerprint density at radius 2 is 1.93 bits per heavy atom. The first kappa shape index (κ1) is 18.7. The van der Waals surface area contributed by atoms with Crippen molar-refractivity contribution in [2.45, 2.75) is 20.0 Å². The van der Waals surface area contributed by atoms with E-state index >= 15 is 0 Å². The number of nitrogens with zero attached hydrogens (tertiary/aromatic N) is 3. The number of benzene rings is 1. The first-order chi connectivity index (χ1) is 13.1. The van der Waals surface area contributed by atoms with Crippen molar-refractivity contribution >= 4 is 23.7 Å². The van der Waals surface area contributed by atoms with Crippen molar-refractivity contribution in [1.29, 1.82) is 0 Å². The van der Waals surface area contributed by atoms with Gasteiger partial charge in [-0.1, -0.05) is 12.1 Å². The maximum absolute atomic E-state index is 12.7. The van der Waals surface area contributed by atoms with E-state index in [1.54, 1.807) is 23.2 Å².